The Balaban J connectivity index is 1.36. The van der Waals surface area contributed by atoms with Crippen molar-refractivity contribution in [3.63, 3.8) is 0 Å². The van der Waals surface area contributed by atoms with Gasteiger partial charge in [-0.2, -0.15) is 0 Å². The molecule has 1 aromatic carbocycles. The van der Waals surface area contributed by atoms with Crippen molar-refractivity contribution in [3.8, 4) is 21.6 Å². The molecular formula is C27H26ClN3OS. The number of rotatable bonds is 3. The normalized spacial score (nSPS) is 15.8. The van der Waals surface area contributed by atoms with Crippen molar-refractivity contribution in [1.82, 2.24) is 9.88 Å². The van der Waals surface area contributed by atoms with Gasteiger partial charge in [0, 0.05) is 71.2 Å². The van der Waals surface area contributed by atoms with Gasteiger partial charge in [-0.25, -0.2) is 0 Å². The number of thiophene rings is 1. The Morgan fingerprint density at radius 3 is 2.76 bits per heavy atom. The summed E-state index contributed by atoms with van der Waals surface area (Å²) in [6, 6.07) is 12.0. The number of carbonyl (C=O) groups excluding carboxylic acids is 1. The SMILES string of the molecule is CC(C)(C)c1cc(-c2csc(-c3ccc(C(=O)N4CCC5=C(CC=N5)C4)cc3Cl)c2)ccn1. The predicted octanol–water partition coefficient (Wildman–Crippen LogP) is 7.00. The van der Waals surface area contributed by atoms with Crippen LogP contribution in [-0.4, -0.2) is 35.1 Å². The van der Waals surface area contributed by atoms with Gasteiger partial charge in [-0.3, -0.25) is 14.8 Å². The summed E-state index contributed by atoms with van der Waals surface area (Å²) in [6.45, 7) is 7.86. The smallest absolute Gasteiger partial charge is 0.254 e. The minimum absolute atomic E-state index is 0.00219. The molecule has 1 amide bonds. The predicted molar refractivity (Wildman–Crippen MR) is 137 cm³/mol. The molecule has 0 unspecified atom stereocenters. The van der Waals surface area contributed by atoms with E-state index in [1.54, 1.807) is 17.4 Å². The highest BCUT2D eigenvalue weighted by molar-refractivity contribution is 7.14. The molecule has 0 N–H and O–H groups in total. The van der Waals surface area contributed by atoms with E-state index in [1.165, 1.54) is 5.57 Å². The minimum atomic E-state index is -0.00219. The molecule has 0 bridgehead atoms. The van der Waals surface area contributed by atoms with Crippen LogP contribution in [0.1, 0.15) is 49.7 Å². The van der Waals surface area contributed by atoms with Crippen molar-refractivity contribution in [2.45, 2.75) is 39.0 Å². The Bertz CT molecular complexity index is 1300. The summed E-state index contributed by atoms with van der Waals surface area (Å²) in [5.41, 5.74) is 7.36. The maximum atomic E-state index is 13.1. The average molecular weight is 476 g/mol. The fourth-order valence-corrected chi connectivity index (χ4v) is 5.57. The zero-order valence-electron chi connectivity index (χ0n) is 19.1. The number of aromatic nitrogens is 1. The molecule has 5 rings (SSSR count). The molecule has 0 spiro atoms. The largest absolute Gasteiger partial charge is 0.334 e. The lowest BCUT2D eigenvalue weighted by Gasteiger charge is -2.28. The van der Waals surface area contributed by atoms with Gasteiger partial charge in [-0.1, -0.05) is 38.4 Å². The summed E-state index contributed by atoms with van der Waals surface area (Å²) >= 11 is 8.33. The zero-order valence-corrected chi connectivity index (χ0v) is 20.6. The van der Waals surface area contributed by atoms with Crippen LogP contribution in [0.2, 0.25) is 5.02 Å². The highest BCUT2D eigenvalue weighted by Crippen LogP contribution is 2.37. The van der Waals surface area contributed by atoms with Gasteiger partial charge < -0.3 is 4.90 Å². The summed E-state index contributed by atoms with van der Waals surface area (Å²) in [7, 11) is 0. The molecule has 6 heteroatoms. The fourth-order valence-electron chi connectivity index (χ4n) is 4.28. The third-order valence-electron chi connectivity index (χ3n) is 6.22. The molecule has 4 nitrogen and oxygen atoms in total. The van der Waals surface area contributed by atoms with E-state index in [0.29, 0.717) is 23.7 Å². The highest BCUT2D eigenvalue weighted by Gasteiger charge is 2.25. The van der Waals surface area contributed by atoms with E-state index >= 15 is 0 Å². The van der Waals surface area contributed by atoms with E-state index in [1.807, 2.05) is 35.5 Å². The summed E-state index contributed by atoms with van der Waals surface area (Å²) < 4.78 is 0. The second-order valence-electron chi connectivity index (χ2n) is 9.62. The molecule has 0 saturated carbocycles. The molecule has 0 atom stereocenters. The van der Waals surface area contributed by atoms with Gasteiger partial charge in [-0.15, -0.1) is 11.3 Å². The third-order valence-corrected chi connectivity index (χ3v) is 7.50. The van der Waals surface area contributed by atoms with Crippen molar-refractivity contribution in [1.29, 1.82) is 0 Å². The molecular weight excluding hydrogens is 450 g/mol. The van der Waals surface area contributed by atoms with Gasteiger partial charge >= 0.3 is 0 Å². The number of halogens is 1. The Hall–Kier alpha value is -2.76. The minimum Gasteiger partial charge on any atom is -0.334 e. The van der Waals surface area contributed by atoms with Crippen LogP contribution < -0.4 is 0 Å². The topological polar surface area (TPSA) is 45.6 Å². The zero-order chi connectivity index (χ0) is 23.2. The highest BCUT2D eigenvalue weighted by atomic mass is 35.5. The summed E-state index contributed by atoms with van der Waals surface area (Å²) in [5, 5.41) is 2.75. The van der Waals surface area contributed by atoms with Crippen LogP contribution >= 0.6 is 22.9 Å². The van der Waals surface area contributed by atoms with E-state index in [4.69, 9.17) is 11.6 Å². The first-order valence-electron chi connectivity index (χ1n) is 11.2. The molecule has 2 aromatic heterocycles. The van der Waals surface area contributed by atoms with Gasteiger partial charge in [-0.05, 0) is 52.4 Å². The molecule has 4 heterocycles. The Morgan fingerprint density at radius 2 is 1.97 bits per heavy atom. The lowest BCUT2D eigenvalue weighted by molar-refractivity contribution is 0.0763. The average Bonchev–Trinajstić information content (AvgIpc) is 3.47. The molecule has 33 heavy (non-hydrogen) atoms. The first kappa shape index (κ1) is 22.1. The molecule has 3 aromatic rings. The number of carbonyl (C=O) groups is 1. The van der Waals surface area contributed by atoms with Crippen LogP contribution in [0.4, 0.5) is 0 Å². The van der Waals surface area contributed by atoms with Crippen molar-refractivity contribution in [3.05, 3.63) is 75.5 Å². The van der Waals surface area contributed by atoms with Crippen LogP contribution in [-0.2, 0) is 5.41 Å². The van der Waals surface area contributed by atoms with Gasteiger partial charge in [0.05, 0.1) is 5.02 Å². The van der Waals surface area contributed by atoms with E-state index < -0.39 is 0 Å². The molecule has 0 radical (unpaired) electrons. The van der Waals surface area contributed by atoms with Crippen LogP contribution in [0.25, 0.3) is 21.6 Å². The standard InChI is InChI=1S/C27H26ClN3OS/c1-27(2,3)25-14-17(6-10-30-25)20-13-24(33-16-20)21-5-4-18(12-22(21)28)26(32)31-11-8-23-19(15-31)7-9-29-23/h4-6,9-10,12-14,16H,7-8,11,15H2,1-3H3. The summed E-state index contributed by atoms with van der Waals surface area (Å²) in [4.78, 5) is 25.0. The second kappa shape index (κ2) is 8.54. The lowest BCUT2D eigenvalue weighted by atomic mass is 9.90. The van der Waals surface area contributed by atoms with Crippen molar-refractivity contribution in [2.24, 2.45) is 4.99 Å². The molecule has 0 aliphatic carbocycles. The Kier molecular flexibility index (Phi) is 5.71. The van der Waals surface area contributed by atoms with E-state index in [2.05, 4.69) is 48.3 Å². The third kappa shape index (κ3) is 4.40. The summed E-state index contributed by atoms with van der Waals surface area (Å²) in [5.74, 6) is 0.0280. The second-order valence-corrected chi connectivity index (χ2v) is 10.9. The molecule has 0 saturated heterocycles. The van der Waals surface area contributed by atoms with Gasteiger partial charge in [0.15, 0.2) is 0 Å². The van der Waals surface area contributed by atoms with Crippen molar-refractivity contribution >= 4 is 35.1 Å². The number of amides is 1. The number of hydrogen-bond acceptors (Lipinski definition) is 4. The van der Waals surface area contributed by atoms with Crippen molar-refractivity contribution < 1.29 is 4.79 Å². The Morgan fingerprint density at radius 1 is 1.12 bits per heavy atom. The number of hydrogen-bond donors (Lipinski definition) is 0. The monoisotopic (exact) mass is 475 g/mol. The fraction of sp³-hybridized carbons (Fsp3) is 0.296. The number of aliphatic imine (C=N–C) groups is 1. The molecule has 2 aliphatic rings. The van der Waals surface area contributed by atoms with Gasteiger partial charge in [0.2, 0.25) is 0 Å². The van der Waals surface area contributed by atoms with E-state index in [-0.39, 0.29) is 11.3 Å². The molecule has 0 fully saturated rings. The van der Waals surface area contributed by atoms with Gasteiger partial charge in [0.1, 0.15) is 0 Å². The number of pyridine rings is 1. The number of nitrogens with zero attached hydrogens (tertiary/aromatic N) is 3. The van der Waals surface area contributed by atoms with Crippen LogP contribution in [0.3, 0.4) is 0 Å². The van der Waals surface area contributed by atoms with E-state index in [0.717, 1.165) is 45.8 Å². The molecule has 2 aliphatic heterocycles. The first-order chi connectivity index (χ1) is 15.8. The lowest BCUT2D eigenvalue weighted by Crippen LogP contribution is -2.36. The maximum Gasteiger partial charge on any atom is 0.254 e. The van der Waals surface area contributed by atoms with Crippen LogP contribution in [0.15, 0.2) is 64.2 Å². The van der Waals surface area contributed by atoms with Crippen LogP contribution in [0.5, 0.6) is 0 Å². The van der Waals surface area contributed by atoms with Crippen LogP contribution in [0, 0.1) is 0 Å². The van der Waals surface area contributed by atoms with Crippen molar-refractivity contribution in [2.75, 3.05) is 13.1 Å². The van der Waals surface area contributed by atoms with Gasteiger partial charge in [0.25, 0.3) is 5.91 Å². The number of benzene rings is 1. The molecule has 168 valence electrons. The maximum absolute atomic E-state index is 13.1. The quantitative estimate of drug-likeness (QED) is 0.409. The Labute approximate surface area is 203 Å². The first-order valence-corrected chi connectivity index (χ1v) is 12.4. The summed E-state index contributed by atoms with van der Waals surface area (Å²) in [6.07, 6.45) is 5.49. The van der Waals surface area contributed by atoms with E-state index in [9.17, 15) is 4.79 Å².